The number of allylic oxidation sites excluding steroid dienone is 2. The number of esters is 1. The molecule has 3 nitrogen and oxygen atoms in total. The van der Waals surface area contributed by atoms with Crippen molar-refractivity contribution < 1.29 is 23.0 Å². The average molecular weight is 447 g/mol. The fourth-order valence-electron chi connectivity index (χ4n) is 6.78. The fraction of sp³-hybridized carbons (Fsp3) is 0.667. The second-order valence-corrected chi connectivity index (χ2v) is 10.1. The first-order chi connectivity index (χ1) is 15.5. The Balaban J connectivity index is 1.36. The van der Waals surface area contributed by atoms with Crippen LogP contribution in [-0.4, -0.2) is 13.1 Å². The highest BCUT2D eigenvalue weighted by atomic mass is 19.1. The maximum atomic E-state index is 14.0. The van der Waals surface area contributed by atoms with Crippen molar-refractivity contribution in [2.45, 2.75) is 71.1 Å². The molecule has 176 valence electrons. The second kappa shape index (κ2) is 10.4. The molecule has 0 N–H and O–H groups in total. The first kappa shape index (κ1) is 23.3. The lowest BCUT2D eigenvalue weighted by atomic mass is 9.59. The van der Waals surface area contributed by atoms with Gasteiger partial charge in [0.05, 0.1) is 13.0 Å². The summed E-state index contributed by atoms with van der Waals surface area (Å²) in [6.07, 6.45) is 16.3. The Hall–Kier alpha value is -1.91. The number of carbonyl (C=O) groups is 1. The van der Waals surface area contributed by atoms with Crippen LogP contribution in [0.1, 0.15) is 71.1 Å². The van der Waals surface area contributed by atoms with Crippen LogP contribution >= 0.6 is 0 Å². The summed E-state index contributed by atoms with van der Waals surface area (Å²) in [5, 5.41) is 0. The number of halogens is 2. The molecule has 5 heteroatoms. The van der Waals surface area contributed by atoms with Crippen molar-refractivity contribution in [1.29, 1.82) is 0 Å². The molecule has 1 aromatic rings. The molecule has 4 unspecified atom stereocenters. The maximum Gasteiger partial charge on any atom is 0.314 e. The zero-order valence-electron chi connectivity index (χ0n) is 19.3. The van der Waals surface area contributed by atoms with E-state index in [2.05, 4.69) is 19.1 Å². The summed E-state index contributed by atoms with van der Waals surface area (Å²) >= 11 is 0. The molecule has 32 heavy (non-hydrogen) atoms. The molecular weight excluding hydrogens is 410 g/mol. The summed E-state index contributed by atoms with van der Waals surface area (Å²) in [5.74, 6) is 0.495. The molecule has 0 bridgehead atoms. The predicted octanol–water partition coefficient (Wildman–Crippen LogP) is 7.09. The molecule has 4 rings (SSSR count). The molecule has 3 aliphatic carbocycles. The summed E-state index contributed by atoms with van der Waals surface area (Å²) in [7, 11) is 1.21. The van der Waals surface area contributed by atoms with Gasteiger partial charge < -0.3 is 9.47 Å². The Morgan fingerprint density at radius 1 is 0.938 bits per heavy atom. The van der Waals surface area contributed by atoms with Gasteiger partial charge in [-0.1, -0.05) is 25.0 Å². The summed E-state index contributed by atoms with van der Waals surface area (Å²) in [6.45, 7) is 2.11. The molecule has 1 aromatic carbocycles. The lowest BCUT2D eigenvalue weighted by Crippen LogP contribution is -2.40. The van der Waals surface area contributed by atoms with E-state index in [0.29, 0.717) is 11.8 Å². The van der Waals surface area contributed by atoms with Crippen molar-refractivity contribution in [1.82, 2.24) is 0 Å². The second-order valence-electron chi connectivity index (χ2n) is 10.1. The van der Waals surface area contributed by atoms with Crippen LogP contribution in [-0.2, 0) is 4.79 Å². The molecule has 0 saturated heterocycles. The third-order valence-electron chi connectivity index (χ3n) is 8.33. The smallest absolute Gasteiger partial charge is 0.314 e. The topological polar surface area (TPSA) is 35.5 Å². The Labute approximate surface area is 190 Å². The van der Waals surface area contributed by atoms with Gasteiger partial charge in [0.1, 0.15) is 5.75 Å². The molecule has 3 fully saturated rings. The maximum absolute atomic E-state index is 14.0. The predicted molar refractivity (Wildman–Crippen MR) is 120 cm³/mol. The van der Waals surface area contributed by atoms with Crippen LogP contribution in [0.5, 0.6) is 11.5 Å². The normalized spacial score (nSPS) is 33.0. The van der Waals surface area contributed by atoms with Crippen LogP contribution in [0.3, 0.4) is 0 Å². The molecule has 0 radical (unpaired) electrons. The molecule has 0 amide bonds. The Bertz CT molecular complexity index is 805. The SMILES string of the molecule is C/C=C/C1CCC(C2CCC3C(CCCC3C(=O)Oc3cc(F)c(OC)c(F)c3)C2)CC1. The lowest BCUT2D eigenvalue weighted by Gasteiger charge is -2.45. The van der Waals surface area contributed by atoms with E-state index in [4.69, 9.17) is 9.47 Å². The number of ether oxygens (including phenoxy) is 2. The summed E-state index contributed by atoms with van der Waals surface area (Å²) in [4.78, 5) is 13.0. The Morgan fingerprint density at radius 2 is 1.62 bits per heavy atom. The zero-order chi connectivity index (χ0) is 22.7. The first-order valence-corrected chi connectivity index (χ1v) is 12.4. The van der Waals surface area contributed by atoms with Gasteiger partial charge in [-0.15, -0.1) is 0 Å². The van der Waals surface area contributed by atoms with Gasteiger partial charge in [-0.05, 0) is 87.9 Å². The summed E-state index contributed by atoms with van der Waals surface area (Å²) < 4.78 is 38.2. The van der Waals surface area contributed by atoms with E-state index in [9.17, 15) is 13.6 Å². The number of methoxy groups -OCH3 is 1. The molecule has 0 aromatic heterocycles. The highest BCUT2D eigenvalue weighted by Gasteiger charge is 2.43. The highest BCUT2D eigenvalue weighted by Crippen LogP contribution is 2.50. The van der Waals surface area contributed by atoms with Crippen molar-refractivity contribution in [3.8, 4) is 11.5 Å². The Kier molecular flexibility index (Phi) is 7.52. The number of carbonyl (C=O) groups excluding carboxylic acids is 1. The highest BCUT2D eigenvalue weighted by molar-refractivity contribution is 5.75. The van der Waals surface area contributed by atoms with Gasteiger partial charge in [-0.3, -0.25) is 4.79 Å². The molecule has 0 heterocycles. The van der Waals surface area contributed by atoms with Crippen LogP contribution < -0.4 is 9.47 Å². The minimum Gasteiger partial charge on any atom is -0.491 e. The van der Waals surface area contributed by atoms with Crippen molar-refractivity contribution >= 4 is 5.97 Å². The first-order valence-electron chi connectivity index (χ1n) is 12.4. The van der Waals surface area contributed by atoms with Gasteiger partial charge in [0, 0.05) is 12.1 Å². The van der Waals surface area contributed by atoms with Crippen LogP contribution in [0.15, 0.2) is 24.3 Å². The standard InChI is InChI=1S/C27H36F2O3/c1-3-5-17-8-10-18(11-9-17)19-12-13-22-20(14-19)6-4-7-23(22)27(30)32-21-15-24(28)26(31-2)25(29)16-21/h3,5,15-20,22-23H,4,6-14H2,1-2H3/b5-3+. The van der Waals surface area contributed by atoms with Gasteiger partial charge in [-0.25, -0.2) is 8.78 Å². The van der Waals surface area contributed by atoms with E-state index in [-0.39, 0.29) is 17.6 Å². The summed E-state index contributed by atoms with van der Waals surface area (Å²) in [6, 6.07) is 2.06. The van der Waals surface area contributed by atoms with E-state index in [1.54, 1.807) is 0 Å². The molecule has 4 atom stereocenters. The number of hydrogen-bond donors (Lipinski definition) is 0. The van der Waals surface area contributed by atoms with E-state index < -0.39 is 17.4 Å². The van der Waals surface area contributed by atoms with Crippen LogP contribution in [0.25, 0.3) is 0 Å². The third-order valence-corrected chi connectivity index (χ3v) is 8.33. The number of benzene rings is 1. The largest absolute Gasteiger partial charge is 0.491 e. The monoisotopic (exact) mass is 446 g/mol. The van der Waals surface area contributed by atoms with E-state index >= 15 is 0 Å². The minimum atomic E-state index is -0.860. The van der Waals surface area contributed by atoms with E-state index in [0.717, 1.165) is 49.1 Å². The third kappa shape index (κ3) is 5.02. The van der Waals surface area contributed by atoms with Crippen molar-refractivity contribution in [3.63, 3.8) is 0 Å². The van der Waals surface area contributed by atoms with Gasteiger partial charge in [-0.2, -0.15) is 0 Å². The van der Waals surface area contributed by atoms with Gasteiger partial charge in [0.25, 0.3) is 0 Å². The lowest BCUT2D eigenvalue weighted by molar-refractivity contribution is -0.144. The van der Waals surface area contributed by atoms with Gasteiger partial charge >= 0.3 is 5.97 Å². The molecular formula is C27H36F2O3. The number of fused-ring (bicyclic) bond motifs is 1. The van der Waals surface area contributed by atoms with Crippen LogP contribution in [0.4, 0.5) is 8.78 Å². The van der Waals surface area contributed by atoms with Crippen molar-refractivity contribution in [2.24, 2.45) is 35.5 Å². The van der Waals surface area contributed by atoms with Crippen molar-refractivity contribution in [2.75, 3.05) is 7.11 Å². The molecule has 3 aliphatic rings. The fourth-order valence-corrected chi connectivity index (χ4v) is 6.78. The Morgan fingerprint density at radius 3 is 2.28 bits per heavy atom. The quantitative estimate of drug-likeness (QED) is 0.275. The van der Waals surface area contributed by atoms with Gasteiger partial charge in [0.15, 0.2) is 17.4 Å². The number of rotatable bonds is 5. The van der Waals surface area contributed by atoms with E-state index in [1.807, 2.05) is 0 Å². The summed E-state index contributed by atoms with van der Waals surface area (Å²) in [5.41, 5.74) is 0. The average Bonchev–Trinajstić information content (AvgIpc) is 2.79. The van der Waals surface area contributed by atoms with Crippen LogP contribution in [0.2, 0.25) is 0 Å². The molecule has 0 aliphatic heterocycles. The van der Waals surface area contributed by atoms with Crippen LogP contribution in [0, 0.1) is 47.1 Å². The zero-order valence-corrected chi connectivity index (χ0v) is 19.3. The minimum absolute atomic E-state index is 0.0838. The molecule has 3 saturated carbocycles. The van der Waals surface area contributed by atoms with Gasteiger partial charge in [0.2, 0.25) is 0 Å². The number of hydrogen-bond acceptors (Lipinski definition) is 3. The van der Waals surface area contributed by atoms with E-state index in [1.165, 1.54) is 52.1 Å². The van der Waals surface area contributed by atoms with Crippen molar-refractivity contribution in [3.05, 3.63) is 35.9 Å². The molecule has 0 spiro atoms.